The predicted molar refractivity (Wildman–Crippen MR) is 89.6 cm³/mol. The zero-order valence-corrected chi connectivity index (χ0v) is 13.1. The van der Waals surface area contributed by atoms with Gasteiger partial charge < -0.3 is 5.32 Å². The first-order chi connectivity index (χ1) is 9.79. The Hall–Kier alpha value is -1.76. The third kappa shape index (κ3) is 2.45. The molecule has 0 atom stereocenters. The summed E-state index contributed by atoms with van der Waals surface area (Å²) >= 11 is 2.23. The molecule has 3 aromatic rings. The Kier molecular flexibility index (Phi) is 3.77. The highest BCUT2D eigenvalue weighted by Gasteiger charge is 2.10. The molecular weight excluding hydrogens is 363 g/mol. The van der Waals surface area contributed by atoms with Crippen LogP contribution in [-0.4, -0.2) is 21.5 Å². The second-order valence-electron chi connectivity index (χ2n) is 4.30. The number of halogens is 1. The minimum atomic E-state index is 0.700. The van der Waals surface area contributed by atoms with Crippen molar-refractivity contribution in [2.45, 2.75) is 6.92 Å². The minimum absolute atomic E-state index is 0.700. The number of aromatic nitrogens is 3. The summed E-state index contributed by atoms with van der Waals surface area (Å²) in [5.74, 6) is 1.57. The largest absolute Gasteiger partial charge is 0.369 e. The molecule has 0 aliphatic rings. The van der Waals surface area contributed by atoms with Crippen molar-refractivity contribution in [2.75, 3.05) is 11.9 Å². The number of hydrogen-bond acceptors (Lipinski definition) is 4. The van der Waals surface area contributed by atoms with E-state index in [1.165, 1.54) is 0 Å². The van der Waals surface area contributed by atoms with Gasteiger partial charge in [0.1, 0.15) is 5.82 Å². The number of anilines is 1. The number of para-hydroxylation sites is 1. The van der Waals surface area contributed by atoms with Crippen LogP contribution in [0, 0.1) is 3.57 Å². The number of rotatable bonds is 3. The van der Waals surface area contributed by atoms with Crippen molar-refractivity contribution in [2.24, 2.45) is 0 Å². The van der Waals surface area contributed by atoms with Crippen LogP contribution in [0.4, 0.5) is 5.82 Å². The van der Waals surface area contributed by atoms with Crippen molar-refractivity contribution in [1.82, 2.24) is 15.0 Å². The molecule has 0 bridgehead atoms. The van der Waals surface area contributed by atoms with E-state index in [9.17, 15) is 0 Å². The van der Waals surface area contributed by atoms with Crippen molar-refractivity contribution in [3.8, 4) is 11.4 Å². The molecule has 0 spiro atoms. The first-order valence-corrected chi connectivity index (χ1v) is 7.48. The fourth-order valence-electron chi connectivity index (χ4n) is 2.07. The molecule has 1 aromatic carbocycles. The quantitative estimate of drug-likeness (QED) is 0.708. The number of fused-ring (bicyclic) bond motifs is 1. The molecular formula is C15H13IN4. The molecule has 2 aromatic heterocycles. The molecule has 1 N–H and O–H groups in total. The zero-order valence-electron chi connectivity index (χ0n) is 11.0. The summed E-state index contributed by atoms with van der Waals surface area (Å²) in [6.45, 7) is 2.89. The van der Waals surface area contributed by atoms with Crippen molar-refractivity contribution >= 4 is 39.3 Å². The van der Waals surface area contributed by atoms with Crippen LogP contribution in [0.25, 0.3) is 22.3 Å². The standard InChI is InChI=1S/C15H13IN4/c1-2-17-15-12(16)9-19-14(20-15)11-7-3-5-10-6-4-8-18-13(10)11/h3-9H,2H2,1H3,(H,17,19,20). The molecule has 2 heterocycles. The molecule has 0 fully saturated rings. The molecule has 5 heteroatoms. The lowest BCUT2D eigenvalue weighted by Gasteiger charge is -2.08. The first-order valence-electron chi connectivity index (χ1n) is 6.40. The molecule has 0 aliphatic heterocycles. The molecule has 3 rings (SSSR count). The van der Waals surface area contributed by atoms with E-state index in [2.05, 4.69) is 49.8 Å². The van der Waals surface area contributed by atoms with Gasteiger partial charge in [0.2, 0.25) is 0 Å². The number of pyridine rings is 1. The van der Waals surface area contributed by atoms with E-state index in [0.29, 0.717) is 5.82 Å². The average Bonchev–Trinajstić information content (AvgIpc) is 2.49. The molecule has 0 radical (unpaired) electrons. The predicted octanol–water partition coefficient (Wildman–Crippen LogP) is 3.73. The van der Waals surface area contributed by atoms with Crippen molar-refractivity contribution in [1.29, 1.82) is 0 Å². The lowest BCUT2D eigenvalue weighted by atomic mass is 10.1. The summed E-state index contributed by atoms with van der Waals surface area (Å²) in [5.41, 5.74) is 1.89. The van der Waals surface area contributed by atoms with E-state index in [1.807, 2.05) is 36.5 Å². The van der Waals surface area contributed by atoms with E-state index in [0.717, 1.165) is 32.4 Å². The Morgan fingerprint density at radius 1 is 1.15 bits per heavy atom. The summed E-state index contributed by atoms with van der Waals surface area (Å²) in [4.78, 5) is 13.5. The van der Waals surface area contributed by atoms with E-state index in [4.69, 9.17) is 0 Å². The summed E-state index contributed by atoms with van der Waals surface area (Å²) < 4.78 is 1.02. The fourth-order valence-corrected chi connectivity index (χ4v) is 2.52. The van der Waals surface area contributed by atoms with Crippen LogP contribution in [-0.2, 0) is 0 Å². The summed E-state index contributed by atoms with van der Waals surface area (Å²) in [6, 6.07) is 10.0. The number of benzene rings is 1. The van der Waals surface area contributed by atoms with Gasteiger partial charge in [0.05, 0.1) is 9.09 Å². The van der Waals surface area contributed by atoms with Crippen molar-refractivity contribution in [3.05, 3.63) is 46.3 Å². The van der Waals surface area contributed by atoms with Gasteiger partial charge in [-0.1, -0.05) is 18.2 Å². The van der Waals surface area contributed by atoms with Crippen LogP contribution < -0.4 is 5.32 Å². The van der Waals surface area contributed by atoms with E-state index in [-0.39, 0.29) is 0 Å². The Bertz CT molecular complexity index is 752. The van der Waals surface area contributed by atoms with Gasteiger partial charge >= 0.3 is 0 Å². The smallest absolute Gasteiger partial charge is 0.163 e. The van der Waals surface area contributed by atoms with E-state index >= 15 is 0 Å². The summed E-state index contributed by atoms with van der Waals surface area (Å²) in [6.07, 6.45) is 3.63. The normalized spacial score (nSPS) is 10.7. The fraction of sp³-hybridized carbons (Fsp3) is 0.133. The number of hydrogen-bond donors (Lipinski definition) is 1. The monoisotopic (exact) mass is 376 g/mol. The molecule has 4 nitrogen and oxygen atoms in total. The Morgan fingerprint density at radius 2 is 2.00 bits per heavy atom. The molecule has 0 saturated carbocycles. The van der Waals surface area contributed by atoms with Gasteiger partial charge in [0, 0.05) is 29.9 Å². The van der Waals surface area contributed by atoms with Crippen LogP contribution in [0.3, 0.4) is 0 Å². The molecule has 100 valence electrons. The molecule has 0 saturated heterocycles. The number of nitrogens with zero attached hydrogens (tertiary/aromatic N) is 3. The van der Waals surface area contributed by atoms with Crippen molar-refractivity contribution in [3.63, 3.8) is 0 Å². The summed E-state index contributed by atoms with van der Waals surface area (Å²) in [7, 11) is 0. The Morgan fingerprint density at radius 3 is 2.85 bits per heavy atom. The number of nitrogens with one attached hydrogen (secondary N) is 1. The van der Waals surface area contributed by atoms with Gasteiger partial charge in [-0.15, -0.1) is 0 Å². The van der Waals surface area contributed by atoms with Gasteiger partial charge in [-0.25, -0.2) is 9.97 Å². The van der Waals surface area contributed by atoms with E-state index < -0.39 is 0 Å². The van der Waals surface area contributed by atoms with Crippen LogP contribution >= 0.6 is 22.6 Å². The lowest BCUT2D eigenvalue weighted by molar-refractivity contribution is 1.10. The Balaban J connectivity index is 2.18. The average molecular weight is 376 g/mol. The van der Waals surface area contributed by atoms with Gasteiger partial charge in [-0.05, 0) is 41.6 Å². The molecule has 0 aliphatic carbocycles. The van der Waals surface area contributed by atoms with Crippen LogP contribution in [0.1, 0.15) is 6.92 Å². The highest BCUT2D eigenvalue weighted by atomic mass is 127. The zero-order chi connectivity index (χ0) is 13.9. The third-order valence-electron chi connectivity index (χ3n) is 2.96. The van der Waals surface area contributed by atoms with Crippen LogP contribution in [0.5, 0.6) is 0 Å². The maximum atomic E-state index is 4.61. The third-order valence-corrected chi connectivity index (χ3v) is 3.75. The minimum Gasteiger partial charge on any atom is -0.369 e. The highest BCUT2D eigenvalue weighted by molar-refractivity contribution is 14.1. The molecule has 0 unspecified atom stereocenters. The topological polar surface area (TPSA) is 50.7 Å². The first kappa shape index (κ1) is 13.2. The molecule has 0 amide bonds. The maximum Gasteiger partial charge on any atom is 0.163 e. The van der Waals surface area contributed by atoms with Gasteiger partial charge in [0.15, 0.2) is 5.82 Å². The lowest BCUT2D eigenvalue weighted by Crippen LogP contribution is -2.04. The van der Waals surface area contributed by atoms with Crippen LogP contribution in [0.2, 0.25) is 0 Å². The second kappa shape index (κ2) is 5.70. The van der Waals surface area contributed by atoms with Crippen molar-refractivity contribution < 1.29 is 0 Å². The Labute approximate surface area is 130 Å². The SMILES string of the molecule is CCNc1nc(-c2cccc3cccnc23)ncc1I. The maximum absolute atomic E-state index is 4.61. The van der Waals surface area contributed by atoms with Crippen LogP contribution in [0.15, 0.2) is 42.7 Å². The van der Waals surface area contributed by atoms with Gasteiger partial charge in [-0.3, -0.25) is 4.98 Å². The van der Waals surface area contributed by atoms with Gasteiger partial charge in [-0.2, -0.15) is 0 Å². The second-order valence-corrected chi connectivity index (χ2v) is 5.46. The summed E-state index contributed by atoms with van der Waals surface area (Å²) in [5, 5.41) is 4.35. The van der Waals surface area contributed by atoms with Gasteiger partial charge in [0.25, 0.3) is 0 Å². The van der Waals surface area contributed by atoms with E-state index in [1.54, 1.807) is 6.20 Å². The highest BCUT2D eigenvalue weighted by Crippen LogP contribution is 2.26. The molecule has 20 heavy (non-hydrogen) atoms.